The van der Waals surface area contributed by atoms with Crippen LogP contribution in [0.15, 0.2) is 0 Å². The van der Waals surface area contributed by atoms with Gasteiger partial charge in [0.25, 0.3) is 0 Å². The number of rotatable bonds is 3. The molecule has 32 heavy (non-hydrogen) atoms. The normalized spacial score (nSPS) is 28.6. The highest BCUT2D eigenvalue weighted by Gasteiger charge is 2.38. The summed E-state index contributed by atoms with van der Waals surface area (Å²) in [5.41, 5.74) is 1.29. The van der Waals surface area contributed by atoms with Crippen molar-refractivity contribution in [3.05, 3.63) is 16.3 Å². The molecule has 0 N–H and O–H groups in total. The zero-order chi connectivity index (χ0) is 22.4. The van der Waals surface area contributed by atoms with Crippen molar-refractivity contribution in [1.29, 1.82) is 0 Å². The van der Waals surface area contributed by atoms with Gasteiger partial charge in [-0.25, -0.2) is 9.97 Å². The zero-order valence-corrected chi connectivity index (χ0v) is 21.0. The molecule has 1 aliphatic heterocycles. The van der Waals surface area contributed by atoms with Crippen LogP contribution in [-0.4, -0.2) is 47.0 Å². The van der Waals surface area contributed by atoms with Gasteiger partial charge in [0.15, 0.2) is 0 Å². The van der Waals surface area contributed by atoms with Crippen molar-refractivity contribution >= 4 is 33.3 Å². The van der Waals surface area contributed by atoms with E-state index in [0.717, 1.165) is 67.1 Å². The van der Waals surface area contributed by atoms with Gasteiger partial charge in [-0.2, -0.15) is 0 Å². The average Bonchev–Trinajstić information content (AvgIpc) is 3.10. The van der Waals surface area contributed by atoms with E-state index in [1.807, 2.05) is 6.92 Å². The van der Waals surface area contributed by atoms with Crippen molar-refractivity contribution < 1.29 is 4.79 Å². The topological polar surface area (TPSA) is 49.3 Å². The molecule has 1 amide bonds. The Morgan fingerprint density at radius 2 is 1.78 bits per heavy atom. The Labute approximate surface area is 196 Å². The van der Waals surface area contributed by atoms with E-state index in [1.165, 1.54) is 47.9 Å². The van der Waals surface area contributed by atoms with Crippen molar-refractivity contribution in [2.24, 2.45) is 17.8 Å². The highest BCUT2D eigenvalue weighted by molar-refractivity contribution is 7.18. The van der Waals surface area contributed by atoms with Crippen LogP contribution >= 0.6 is 11.3 Å². The van der Waals surface area contributed by atoms with Crippen LogP contribution in [-0.2, 0) is 4.79 Å². The molecule has 3 aliphatic rings. The average molecular weight is 455 g/mol. The predicted octanol–water partition coefficient (Wildman–Crippen LogP) is 5.65. The summed E-state index contributed by atoms with van der Waals surface area (Å²) in [5, 5.41) is 1.19. The minimum absolute atomic E-state index is 0.258. The first-order valence-corrected chi connectivity index (χ1v) is 13.5. The Hall–Kier alpha value is -1.69. The van der Waals surface area contributed by atoms with Crippen LogP contribution in [0.3, 0.4) is 0 Å². The van der Waals surface area contributed by atoms with Gasteiger partial charge in [-0.15, -0.1) is 11.3 Å². The molecule has 0 bridgehead atoms. The summed E-state index contributed by atoms with van der Waals surface area (Å²) in [6.07, 6.45) is 11.2. The van der Waals surface area contributed by atoms with E-state index in [9.17, 15) is 4.79 Å². The molecular weight excluding hydrogens is 416 g/mol. The predicted molar refractivity (Wildman–Crippen MR) is 132 cm³/mol. The van der Waals surface area contributed by atoms with Gasteiger partial charge in [0.2, 0.25) is 5.91 Å². The van der Waals surface area contributed by atoms with E-state index >= 15 is 0 Å². The zero-order valence-electron chi connectivity index (χ0n) is 20.2. The van der Waals surface area contributed by atoms with Crippen LogP contribution in [0.5, 0.6) is 0 Å². The monoisotopic (exact) mass is 454 g/mol. The number of thiophene rings is 1. The first-order valence-electron chi connectivity index (χ1n) is 12.7. The van der Waals surface area contributed by atoms with Gasteiger partial charge in [-0.05, 0) is 70.3 Å². The molecule has 2 aromatic rings. The number of likely N-dealkylation sites (N-methyl/N-ethyl adjacent to an activating group) is 1. The molecule has 174 valence electrons. The van der Waals surface area contributed by atoms with Gasteiger partial charge in [-0.3, -0.25) is 4.79 Å². The van der Waals surface area contributed by atoms with Gasteiger partial charge >= 0.3 is 0 Å². The first kappa shape index (κ1) is 22.1. The van der Waals surface area contributed by atoms with E-state index in [0.29, 0.717) is 11.9 Å². The maximum Gasteiger partial charge on any atom is 0.225 e. The summed E-state index contributed by atoms with van der Waals surface area (Å²) < 4.78 is 0. The molecule has 3 fully saturated rings. The Morgan fingerprint density at radius 1 is 1.00 bits per heavy atom. The Kier molecular flexibility index (Phi) is 6.17. The molecule has 2 saturated carbocycles. The number of fused-ring (bicyclic) bond motifs is 2. The molecule has 2 aliphatic carbocycles. The molecular formula is C26H38N4OS. The van der Waals surface area contributed by atoms with Crippen LogP contribution < -0.4 is 4.90 Å². The summed E-state index contributed by atoms with van der Waals surface area (Å²) in [4.78, 5) is 30.0. The molecule has 1 saturated heterocycles. The third-order valence-corrected chi connectivity index (χ3v) is 9.70. The largest absolute Gasteiger partial charge is 0.354 e. The first-order chi connectivity index (χ1) is 15.4. The maximum absolute atomic E-state index is 13.5. The summed E-state index contributed by atoms with van der Waals surface area (Å²) in [7, 11) is 2.17. The second-order valence-electron chi connectivity index (χ2n) is 10.6. The van der Waals surface area contributed by atoms with Crippen LogP contribution in [0.2, 0.25) is 0 Å². The van der Waals surface area contributed by atoms with Gasteiger partial charge in [0.1, 0.15) is 16.5 Å². The maximum atomic E-state index is 13.5. The highest BCUT2D eigenvalue weighted by atomic mass is 32.1. The summed E-state index contributed by atoms with van der Waals surface area (Å²) >= 11 is 1.76. The summed E-state index contributed by atoms with van der Waals surface area (Å²) in [6.45, 7) is 8.08. The van der Waals surface area contributed by atoms with Gasteiger partial charge in [-0.1, -0.05) is 25.7 Å². The number of amides is 1. The second kappa shape index (κ2) is 8.92. The van der Waals surface area contributed by atoms with Crippen LogP contribution in [0.25, 0.3) is 10.2 Å². The fraction of sp³-hybridized carbons (Fsp3) is 0.731. The van der Waals surface area contributed by atoms with Crippen molar-refractivity contribution in [3.63, 3.8) is 0 Å². The lowest BCUT2D eigenvalue weighted by Crippen LogP contribution is -2.51. The Bertz CT molecular complexity index is 1000. The van der Waals surface area contributed by atoms with E-state index < -0.39 is 0 Å². The number of likely N-dealkylation sites (tertiary alicyclic amines) is 1. The van der Waals surface area contributed by atoms with Crippen LogP contribution in [0.4, 0.5) is 5.82 Å². The van der Waals surface area contributed by atoms with E-state index in [4.69, 9.17) is 9.97 Å². The fourth-order valence-corrected chi connectivity index (χ4v) is 7.66. The lowest BCUT2D eigenvalue weighted by Gasteiger charge is -2.43. The number of carbonyl (C=O) groups is 1. The number of anilines is 1. The number of aryl methyl sites for hydroxylation is 3. The number of hydrogen-bond donors (Lipinski definition) is 0. The molecule has 6 heteroatoms. The summed E-state index contributed by atoms with van der Waals surface area (Å²) in [6, 6.07) is 0.316. The number of hydrogen-bond acceptors (Lipinski definition) is 5. The molecule has 2 aromatic heterocycles. The summed E-state index contributed by atoms with van der Waals surface area (Å²) in [5.74, 6) is 4.25. The van der Waals surface area contributed by atoms with Crippen molar-refractivity contribution in [1.82, 2.24) is 14.9 Å². The third-order valence-electron chi connectivity index (χ3n) is 8.60. The van der Waals surface area contributed by atoms with Crippen molar-refractivity contribution in [2.45, 2.75) is 84.6 Å². The fourth-order valence-electron chi connectivity index (χ4n) is 6.59. The molecule has 0 spiro atoms. The molecule has 0 radical (unpaired) electrons. The van der Waals surface area contributed by atoms with Gasteiger partial charge in [0.05, 0.1) is 5.39 Å². The second-order valence-corrected chi connectivity index (χ2v) is 11.8. The number of piperidine rings is 1. The molecule has 4 unspecified atom stereocenters. The lowest BCUT2D eigenvalue weighted by atomic mass is 9.67. The van der Waals surface area contributed by atoms with E-state index in [2.05, 4.69) is 30.7 Å². The SMILES string of the molecule is Cc1nc(N(C)C2CCCN(C(=O)C3CCC4CCCCC4C3)C2)c2c(C)c(C)sc2n1. The Morgan fingerprint density at radius 3 is 2.59 bits per heavy atom. The minimum Gasteiger partial charge on any atom is -0.354 e. The van der Waals surface area contributed by atoms with E-state index in [-0.39, 0.29) is 5.92 Å². The van der Waals surface area contributed by atoms with Crippen molar-refractivity contribution in [3.8, 4) is 0 Å². The molecule has 4 atom stereocenters. The standard InChI is InChI=1S/C26H38N4OS/c1-16-17(2)32-25-23(16)24(27-18(3)28-25)29(4)22-10-7-13-30(15-22)26(31)21-12-11-19-8-5-6-9-20(19)14-21/h19-22H,5-15H2,1-4H3. The number of carbonyl (C=O) groups excluding carboxylic acids is 1. The Balaban J connectivity index is 1.32. The molecule has 5 nitrogen and oxygen atoms in total. The van der Waals surface area contributed by atoms with E-state index in [1.54, 1.807) is 11.3 Å². The number of nitrogens with zero attached hydrogens (tertiary/aromatic N) is 4. The van der Waals surface area contributed by atoms with Crippen LogP contribution in [0.1, 0.15) is 74.1 Å². The third kappa shape index (κ3) is 4.04. The quantitative estimate of drug-likeness (QED) is 0.601. The van der Waals surface area contributed by atoms with Gasteiger partial charge in [0, 0.05) is 37.0 Å². The number of aromatic nitrogens is 2. The smallest absolute Gasteiger partial charge is 0.225 e. The lowest BCUT2D eigenvalue weighted by molar-refractivity contribution is -0.139. The van der Waals surface area contributed by atoms with Gasteiger partial charge < -0.3 is 9.80 Å². The molecule has 0 aromatic carbocycles. The molecule has 5 rings (SSSR count). The van der Waals surface area contributed by atoms with Crippen molar-refractivity contribution in [2.75, 3.05) is 25.0 Å². The highest BCUT2D eigenvalue weighted by Crippen LogP contribution is 2.43. The molecule has 3 heterocycles. The minimum atomic E-state index is 0.258. The van der Waals surface area contributed by atoms with Crippen LogP contribution in [0, 0.1) is 38.5 Å².